The highest BCUT2D eigenvalue weighted by molar-refractivity contribution is 5.85. The van der Waals surface area contributed by atoms with E-state index in [0.29, 0.717) is 32.7 Å². The molecule has 0 aliphatic carbocycles. The van der Waals surface area contributed by atoms with Crippen molar-refractivity contribution in [3.05, 3.63) is 30.1 Å². The fourth-order valence-electron chi connectivity index (χ4n) is 3.40. The summed E-state index contributed by atoms with van der Waals surface area (Å²) in [6.45, 7) is 3.69. The number of hydrogen-bond acceptors (Lipinski definition) is 5. The van der Waals surface area contributed by atoms with Crippen molar-refractivity contribution in [2.75, 3.05) is 19.7 Å². The second kappa shape index (κ2) is 9.21. The molecule has 0 radical (unpaired) electrons. The first kappa shape index (κ1) is 22.6. The van der Waals surface area contributed by atoms with Gasteiger partial charge in [0.05, 0.1) is 11.5 Å². The van der Waals surface area contributed by atoms with E-state index in [1.165, 1.54) is 0 Å². The summed E-state index contributed by atoms with van der Waals surface area (Å²) in [6.07, 6.45) is -0.336. The lowest BCUT2D eigenvalue weighted by Gasteiger charge is -2.42. The third-order valence-electron chi connectivity index (χ3n) is 4.93. The van der Waals surface area contributed by atoms with Gasteiger partial charge in [-0.15, -0.1) is 0 Å². The molecule has 2 saturated heterocycles. The third-order valence-corrected chi connectivity index (χ3v) is 4.93. The van der Waals surface area contributed by atoms with E-state index in [1.807, 2.05) is 12.1 Å². The lowest BCUT2D eigenvalue weighted by Crippen LogP contribution is -2.57. The van der Waals surface area contributed by atoms with E-state index in [9.17, 15) is 22.8 Å². The number of carboxylic acid groups (broad SMARTS) is 1. The first-order chi connectivity index (χ1) is 13.6. The zero-order valence-corrected chi connectivity index (χ0v) is 15.7. The van der Waals surface area contributed by atoms with Crippen LogP contribution < -0.4 is 5.32 Å². The van der Waals surface area contributed by atoms with Gasteiger partial charge in [-0.25, -0.2) is 4.79 Å². The van der Waals surface area contributed by atoms with Crippen LogP contribution in [0.2, 0.25) is 0 Å². The van der Waals surface area contributed by atoms with Crippen LogP contribution in [0.4, 0.5) is 13.2 Å². The maximum absolute atomic E-state index is 12.8. The molecule has 1 aromatic heterocycles. The van der Waals surface area contributed by atoms with Crippen molar-refractivity contribution in [1.82, 2.24) is 15.2 Å². The normalized spacial score (nSPS) is 23.4. The number of fused-ring (bicyclic) bond motifs is 1. The molecule has 2 aliphatic rings. The van der Waals surface area contributed by atoms with Gasteiger partial charge in [-0.1, -0.05) is 6.07 Å². The van der Waals surface area contributed by atoms with Gasteiger partial charge in [0.1, 0.15) is 0 Å². The van der Waals surface area contributed by atoms with Crippen molar-refractivity contribution >= 4 is 17.8 Å². The van der Waals surface area contributed by atoms with E-state index in [-0.39, 0.29) is 17.9 Å². The molecule has 0 spiro atoms. The molecule has 8 nitrogen and oxygen atoms in total. The summed E-state index contributed by atoms with van der Waals surface area (Å²) in [5.41, 5.74) is 0.355. The SMILES string of the molecule is CC(=O)N1CC[C@H]2OCC[C@@]2(C(=O)NCc2cccnc2)C1.O=C(O)C(F)(F)F. The number of aromatic nitrogens is 1. The van der Waals surface area contributed by atoms with Crippen molar-refractivity contribution < 1.29 is 37.4 Å². The molecule has 2 atom stereocenters. The van der Waals surface area contributed by atoms with E-state index in [4.69, 9.17) is 14.6 Å². The zero-order chi connectivity index (χ0) is 21.7. The van der Waals surface area contributed by atoms with E-state index in [1.54, 1.807) is 24.2 Å². The zero-order valence-electron chi connectivity index (χ0n) is 15.7. The van der Waals surface area contributed by atoms with Crippen molar-refractivity contribution in [3.8, 4) is 0 Å². The smallest absolute Gasteiger partial charge is 0.475 e. The Morgan fingerprint density at radius 3 is 2.66 bits per heavy atom. The molecule has 3 heterocycles. The summed E-state index contributed by atoms with van der Waals surface area (Å²) in [4.78, 5) is 39.2. The number of alkyl halides is 3. The Morgan fingerprint density at radius 1 is 1.41 bits per heavy atom. The molecule has 11 heteroatoms. The predicted octanol–water partition coefficient (Wildman–Crippen LogP) is 1.36. The number of amides is 2. The number of hydrogen-bond donors (Lipinski definition) is 2. The number of likely N-dealkylation sites (tertiary alicyclic amines) is 1. The first-order valence-corrected chi connectivity index (χ1v) is 8.90. The molecule has 0 saturated carbocycles. The van der Waals surface area contributed by atoms with Crippen molar-refractivity contribution in [3.63, 3.8) is 0 Å². The number of carbonyl (C=O) groups excluding carboxylic acids is 2. The standard InChI is InChI=1S/C16H21N3O3.C2HF3O2/c1-12(20)19-7-4-14-16(11-19,5-8-22-14)15(21)18-10-13-3-2-6-17-9-13;3-2(4,5)1(6)7/h2-3,6,9,14H,4-5,7-8,10-11H2,1H3,(H,18,21);(H,6,7)/t14-,16-;/m1./s1. The summed E-state index contributed by atoms with van der Waals surface area (Å²) in [5, 5.41) is 10.1. The average Bonchev–Trinajstić information content (AvgIpc) is 3.11. The van der Waals surface area contributed by atoms with Crippen molar-refractivity contribution in [2.45, 2.75) is 38.6 Å². The first-order valence-electron chi connectivity index (χ1n) is 8.90. The van der Waals surface area contributed by atoms with Crippen molar-refractivity contribution in [1.29, 1.82) is 0 Å². The fourth-order valence-corrected chi connectivity index (χ4v) is 3.40. The van der Waals surface area contributed by atoms with Crippen LogP contribution in [-0.4, -0.2) is 64.8 Å². The predicted molar refractivity (Wildman–Crippen MR) is 93.4 cm³/mol. The number of carboxylic acids is 1. The van der Waals surface area contributed by atoms with E-state index in [2.05, 4.69) is 10.3 Å². The largest absolute Gasteiger partial charge is 0.490 e. The number of nitrogens with one attached hydrogen (secondary N) is 1. The van der Waals surface area contributed by atoms with Crippen LogP contribution in [0.15, 0.2) is 24.5 Å². The number of carbonyl (C=O) groups is 3. The van der Waals surface area contributed by atoms with E-state index in [0.717, 1.165) is 12.0 Å². The molecule has 3 rings (SSSR count). The van der Waals surface area contributed by atoms with Crippen LogP contribution in [-0.2, 0) is 25.7 Å². The van der Waals surface area contributed by atoms with E-state index < -0.39 is 17.6 Å². The number of ether oxygens (including phenoxy) is 1. The molecule has 2 fully saturated rings. The number of halogens is 3. The number of rotatable bonds is 3. The maximum Gasteiger partial charge on any atom is 0.490 e. The molecular formula is C18H22F3N3O5. The van der Waals surface area contributed by atoms with E-state index >= 15 is 0 Å². The lowest BCUT2D eigenvalue weighted by atomic mass is 9.75. The van der Waals surface area contributed by atoms with Gasteiger partial charge in [0.15, 0.2) is 0 Å². The number of nitrogens with zero attached hydrogens (tertiary/aromatic N) is 2. The lowest BCUT2D eigenvalue weighted by molar-refractivity contribution is -0.192. The second-order valence-electron chi connectivity index (χ2n) is 6.84. The molecule has 0 aromatic carbocycles. The quantitative estimate of drug-likeness (QED) is 0.769. The Bertz CT molecular complexity index is 744. The number of piperidine rings is 1. The minimum Gasteiger partial charge on any atom is -0.475 e. The summed E-state index contributed by atoms with van der Waals surface area (Å²) < 4.78 is 37.5. The summed E-state index contributed by atoms with van der Waals surface area (Å²) >= 11 is 0. The van der Waals surface area contributed by atoms with Crippen LogP contribution in [0.5, 0.6) is 0 Å². The van der Waals surface area contributed by atoms with Crippen LogP contribution in [0.1, 0.15) is 25.3 Å². The summed E-state index contributed by atoms with van der Waals surface area (Å²) in [6, 6.07) is 3.77. The Morgan fingerprint density at radius 2 is 2.10 bits per heavy atom. The van der Waals surface area contributed by atoms with Gasteiger partial charge >= 0.3 is 12.1 Å². The molecule has 0 unspecified atom stereocenters. The van der Waals surface area contributed by atoms with Crippen LogP contribution in [0.25, 0.3) is 0 Å². The second-order valence-corrected chi connectivity index (χ2v) is 6.84. The van der Waals surface area contributed by atoms with Crippen LogP contribution in [0, 0.1) is 5.41 Å². The van der Waals surface area contributed by atoms with Gasteiger partial charge in [-0.05, 0) is 24.5 Å². The van der Waals surface area contributed by atoms with Crippen LogP contribution in [0.3, 0.4) is 0 Å². The molecule has 160 valence electrons. The molecular weight excluding hydrogens is 395 g/mol. The Labute approximate surface area is 165 Å². The Hall–Kier alpha value is -2.69. The molecule has 2 aliphatic heterocycles. The maximum atomic E-state index is 12.8. The minimum atomic E-state index is -5.08. The Kier molecular flexibility index (Phi) is 7.17. The Balaban J connectivity index is 0.000000370. The van der Waals surface area contributed by atoms with Gasteiger partial charge in [0.2, 0.25) is 11.8 Å². The summed E-state index contributed by atoms with van der Waals surface area (Å²) in [7, 11) is 0. The average molecular weight is 417 g/mol. The number of pyridine rings is 1. The highest BCUT2D eigenvalue weighted by Gasteiger charge is 2.53. The van der Waals surface area contributed by atoms with Gasteiger partial charge < -0.3 is 20.1 Å². The molecule has 29 heavy (non-hydrogen) atoms. The fraction of sp³-hybridized carbons (Fsp3) is 0.556. The molecule has 2 amide bonds. The third kappa shape index (κ3) is 5.66. The molecule has 2 N–H and O–H groups in total. The minimum absolute atomic E-state index is 0.0183. The van der Waals surface area contributed by atoms with Gasteiger partial charge in [-0.2, -0.15) is 13.2 Å². The van der Waals surface area contributed by atoms with Gasteiger partial charge in [-0.3, -0.25) is 14.6 Å². The molecule has 1 aromatic rings. The monoisotopic (exact) mass is 417 g/mol. The highest BCUT2D eigenvalue weighted by Crippen LogP contribution is 2.41. The topological polar surface area (TPSA) is 109 Å². The van der Waals surface area contributed by atoms with Crippen LogP contribution >= 0.6 is 0 Å². The van der Waals surface area contributed by atoms with Gasteiger partial charge in [0, 0.05) is 45.6 Å². The number of aliphatic carboxylic acids is 1. The van der Waals surface area contributed by atoms with Gasteiger partial charge in [0.25, 0.3) is 0 Å². The van der Waals surface area contributed by atoms with Crippen molar-refractivity contribution in [2.24, 2.45) is 5.41 Å². The highest BCUT2D eigenvalue weighted by atomic mass is 19.4. The summed E-state index contributed by atoms with van der Waals surface area (Å²) in [5.74, 6) is -2.76. The molecule has 0 bridgehead atoms.